The minimum atomic E-state index is -0.311. The number of benzene rings is 1. The monoisotopic (exact) mass is 308 g/mol. The molecule has 116 valence electrons. The summed E-state index contributed by atoms with van der Waals surface area (Å²) in [4.78, 5) is 27.2. The van der Waals surface area contributed by atoms with Gasteiger partial charge in [0.25, 0.3) is 11.5 Å². The second-order valence-electron chi connectivity index (χ2n) is 5.81. The van der Waals surface area contributed by atoms with Gasteiger partial charge in [-0.15, -0.1) is 0 Å². The van der Waals surface area contributed by atoms with Crippen molar-refractivity contribution in [2.24, 2.45) is 0 Å². The van der Waals surface area contributed by atoms with Crippen molar-refractivity contribution >= 4 is 22.5 Å². The van der Waals surface area contributed by atoms with Crippen LogP contribution in [0.1, 0.15) is 34.5 Å². The molecule has 0 atom stereocenters. The van der Waals surface area contributed by atoms with Gasteiger partial charge in [-0.3, -0.25) is 9.59 Å². The van der Waals surface area contributed by atoms with Crippen molar-refractivity contribution < 1.29 is 9.21 Å². The van der Waals surface area contributed by atoms with Crippen LogP contribution < -0.4 is 10.9 Å². The van der Waals surface area contributed by atoms with Crippen molar-refractivity contribution in [2.75, 3.05) is 5.32 Å². The third kappa shape index (κ3) is 2.44. The molecule has 2 N–H and O–H groups in total. The second kappa shape index (κ2) is 5.43. The van der Waals surface area contributed by atoms with Gasteiger partial charge in [0.15, 0.2) is 5.76 Å². The largest absolute Gasteiger partial charge is 0.459 e. The van der Waals surface area contributed by atoms with E-state index < -0.39 is 0 Å². The third-order valence-electron chi connectivity index (χ3n) is 4.34. The molecule has 3 aromatic rings. The molecule has 0 aliphatic heterocycles. The van der Waals surface area contributed by atoms with E-state index in [1.54, 1.807) is 18.2 Å². The van der Waals surface area contributed by atoms with Crippen molar-refractivity contribution in [1.82, 2.24) is 4.98 Å². The van der Waals surface area contributed by atoms with Crippen molar-refractivity contribution in [3.63, 3.8) is 0 Å². The predicted molar refractivity (Wildman–Crippen MR) is 87.9 cm³/mol. The Kier molecular flexibility index (Phi) is 3.26. The molecule has 23 heavy (non-hydrogen) atoms. The lowest BCUT2D eigenvalue weighted by Gasteiger charge is -2.17. The maximum atomic E-state index is 12.2. The molecule has 0 fully saturated rings. The molecular weight excluding hydrogens is 292 g/mol. The number of nitrogens with one attached hydrogen (secondary N) is 2. The summed E-state index contributed by atoms with van der Waals surface area (Å²) < 4.78 is 5.08. The average molecular weight is 308 g/mol. The van der Waals surface area contributed by atoms with E-state index in [-0.39, 0.29) is 17.2 Å². The van der Waals surface area contributed by atoms with E-state index in [9.17, 15) is 9.59 Å². The zero-order valence-electron chi connectivity index (χ0n) is 12.5. The van der Waals surface area contributed by atoms with E-state index in [1.807, 2.05) is 12.1 Å². The molecule has 0 saturated heterocycles. The topological polar surface area (TPSA) is 75.1 Å². The molecule has 1 aromatic carbocycles. The summed E-state index contributed by atoms with van der Waals surface area (Å²) in [6, 6.07) is 8.89. The number of H-pyrrole nitrogens is 1. The summed E-state index contributed by atoms with van der Waals surface area (Å²) in [6.07, 6.45) is 5.42. The molecule has 2 heterocycles. The number of anilines is 1. The molecule has 1 aliphatic rings. The van der Waals surface area contributed by atoms with Crippen LogP contribution in [0.25, 0.3) is 10.9 Å². The number of carbonyl (C=O) groups is 1. The van der Waals surface area contributed by atoms with Gasteiger partial charge in [0.2, 0.25) is 0 Å². The van der Waals surface area contributed by atoms with E-state index in [0.29, 0.717) is 5.69 Å². The molecule has 5 nitrogen and oxygen atoms in total. The summed E-state index contributed by atoms with van der Waals surface area (Å²) >= 11 is 0. The number of hydrogen-bond donors (Lipinski definition) is 2. The molecule has 0 saturated carbocycles. The van der Waals surface area contributed by atoms with Gasteiger partial charge in [0.05, 0.1) is 11.8 Å². The highest BCUT2D eigenvalue weighted by Gasteiger charge is 2.17. The van der Waals surface area contributed by atoms with Gasteiger partial charge in [0.1, 0.15) is 0 Å². The van der Waals surface area contributed by atoms with Crippen molar-refractivity contribution in [2.45, 2.75) is 25.7 Å². The zero-order valence-corrected chi connectivity index (χ0v) is 12.5. The van der Waals surface area contributed by atoms with Crippen molar-refractivity contribution in [1.29, 1.82) is 0 Å². The Morgan fingerprint density at radius 1 is 1.13 bits per heavy atom. The van der Waals surface area contributed by atoms with Gasteiger partial charge in [-0.1, -0.05) is 6.07 Å². The van der Waals surface area contributed by atoms with Crippen LogP contribution in [0.2, 0.25) is 0 Å². The molecule has 1 aliphatic carbocycles. The molecular formula is C18H16N2O3. The summed E-state index contributed by atoms with van der Waals surface area (Å²) in [5.41, 5.74) is 3.44. The predicted octanol–water partition coefficient (Wildman–Crippen LogP) is 3.25. The standard InChI is InChI=1S/C18H16N2O3/c21-17-14-5-2-1-4-12(14)13-8-7-11(10-15(13)20-17)19-18(22)16-6-3-9-23-16/h3,6-10H,1-2,4-5H2,(H,19,22)(H,20,21). The highest BCUT2D eigenvalue weighted by Crippen LogP contribution is 2.27. The lowest BCUT2D eigenvalue weighted by molar-refractivity contribution is 0.0996. The van der Waals surface area contributed by atoms with Gasteiger partial charge in [-0.25, -0.2) is 0 Å². The molecule has 4 rings (SSSR count). The highest BCUT2D eigenvalue weighted by atomic mass is 16.3. The Bertz CT molecular complexity index is 939. The maximum Gasteiger partial charge on any atom is 0.291 e. The second-order valence-corrected chi connectivity index (χ2v) is 5.81. The third-order valence-corrected chi connectivity index (χ3v) is 4.34. The van der Waals surface area contributed by atoms with Crippen LogP contribution in [0.4, 0.5) is 5.69 Å². The number of rotatable bonds is 2. The summed E-state index contributed by atoms with van der Waals surface area (Å²) in [6.45, 7) is 0. The number of aromatic amines is 1. The smallest absolute Gasteiger partial charge is 0.291 e. The Morgan fingerprint density at radius 3 is 2.74 bits per heavy atom. The minimum absolute atomic E-state index is 0.0123. The molecule has 0 unspecified atom stereocenters. The summed E-state index contributed by atoms with van der Waals surface area (Å²) in [7, 11) is 0. The maximum absolute atomic E-state index is 12.2. The van der Waals surface area contributed by atoms with Crippen molar-refractivity contribution in [3.05, 3.63) is 63.8 Å². The van der Waals surface area contributed by atoms with Gasteiger partial charge < -0.3 is 14.7 Å². The fourth-order valence-electron chi connectivity index (χ4n) is 3.24. The van der Waals surface area contributed by atoms with Crippen LogP contribution in [0.5, 0.6) is 0 Å². The minimum Gasteiger partial charge on any atom is -0.459 e. The lowest BCUT2D eigenvalue weighted by Crippen LogP contribution is -2.19. The highest BCUT2D eigenvalue weighted by molar-refractivity contribution is 6.03. The van der Waals surface area contributed by atoms with E-state index in [4.69, 9.17) is 4.42 Å². The number of fused-ring (bicyclic) bond motifs is 3. The molecule has 1 amide bonds. The number of aryl methyl sites for hydroxylation is 1. The summed E-state index contributed by atoms with van der Waals surface area (Å²) in [5, 5.41) is 3.85. The van der Waals surface area contributed by atoms with E-state index in [1.165, 1.54) is 6.26 Å². The Labute approximate surface area is 132 Å². The average Bonchev–Trinajstić information content (AvgIpc) is 3.09. The van der Waals surface area contributed by atoms with Crippen LogP contribution in [-0.2, 0) is 12.8 Å². The molecule has 0 spiro atoms. The van der Waals surface area contributed by atoms with E-state index in [2.05, 4.69) is 10.3 Å². The quantitative estimate of drug-likeness (QED) is 0.763. The van der Waals surface area contributed by atoms with Crippen LogP contribution in [0.15, 0.2) is 45.8 Å². The number of carbonyl (C=O) groups excluding carboxylic acids is 1. The fourth-order valence-corrected chi connectivity index (χ4v) is 3.24. The fraction of sp³-hybridized carbons (Fsp3) is 0.222. The first-order valence-corrected chi connectivity index (χ1v) is 7.75. The van der Waals surface area contributed by atoms with Crippen molar-refractivity contribution in [3.8, 4) is 0 Å². The van der Waals surface area contributed by atoms with E-state index in [0.717, 1.165) is 47.7 Å². The first kappa shape index (κ1) is 13.8. The van der Waals surface area contributed by atoms with Crippen LogP contribution in [0, 0.1) is 0 Å². The Hall–Kier alpha value is -2.82. The Morgan fingerprint density at radius 2 is 1.96 bits per heavy atom. The normalized spacial score (nSPS) is 13.7. The summed E-state index contributed by atoms with van der Waals surface area (Å²) in [5.74, 6) is -0.0568. The lowest BCUT2D eigenvalue weighted by atomic mass is 9.90. The van der Waals surface area contributed by atoms with E-state index >= 15 is 0 Å². The van der Waals surface area contributed by atoms with Gasteiger partial charge in [-0.05, 0) is 55.5 Å². The van der Waals surface area contributed by atoms with Crippen LogP contribution in [-0.4, -0.2) is 10.9 Å². The van der Waals surface area contributed by atoms with Gasteiger partial charge in [-0.2, -0.15) is 0 Å². The Balaban J connectivity index is 1.74. The number of amides is 1. The number of pyridine rings is 1. The first-order valence-electron chi connectivity index (χ1n) is 7.75. The van der Waals surface area contributed by atoms with Crippen LogP contribution in [0.3, 0.4) is 0 Å². The first-order chi connectivity index (χ1) is 11.2. The number of hydrogen-bond acceptors (Lipinski definition) is 3. The van der Waals surface area contributed by atoms with Gasteiger partial charge in [0, 0.05) is 16.6 Å². The van der Waals surface area contributed by atoms with Gasteiger partial charge >= 0.3 is 0 Å². The van der Waals surface area contributed by atoms with Crippen LogP contribution >= 0.6 is 0 Å². The SMILES string of the molecule is O=C(Nc1ccc2c3c(c(=O)[nH]c2c1)CCCC3)c1ccco1. The number of furan rings is 1. The molecule has 0 radical (unpaired) electrons. The molecule has 0 bridgehead atoms. The molecule has 5 heteroatoms. The zero-order chi connectivity index (χ0) is 15.8. The molecule has 2 aromatic heterocycles. The number of aromatic nitrogens is 1.